The number of hydrogen-bond donors (Lipinski definition) is 1. The molecule has 2 aliphatic heterocycles. The van der Waals surface area contributed by atoms with Crippen LogP contribution in [0.4, 0.5) is 0 Å². The molecule has 1 aliphatic carbocycles. The van der Waals surface area contributed by atoms with E-state index >= 15 is 0 Å². The van der Waals surface area contributed by atoms with Gasteiger partial charge in [-0.15, -0.1) is 0 Å². The summed E-state index contributed by atoms with van der Waals surface area (Å²) in [5, 5.41) is 3.98. The predicted molar refractivity (Wildman–Crippen MR) is 105 cm³/mol. The fraction of sp³-hybridized carbons (Fsp3) is 1.00. The van der Waals surface area contributed by atoms with Crippen LogP contribution in [0.15, 0.2) is 0 Å². The van der Waals surface area contributed by atoms with Crippen LogP contribution in [0.25, 0.3) is 0 Å². The van der Waals surface area contributed by atoms with E-state index < -0.39 is 8.32 Å². The average molecular weight is 353 g/mol. The first-order valence-corrected chi connectivity index (χ1v) is 13.2. The topological polar surface area (TPSA) is 24.5 Å². The van der Waals surface area contributed by atoms with E-state index in [1.807, 2.05) is 0 Å². The largest absolute Gasteiger partial charge is 0.414 e. The molecule has 1 saturated carbocycles. The molecule has 2 heterocycles. The molecule has 0 aromatic carbocycles. The molecule has 0 aromatic rings. The lowest BCUT2D eigenvalue weighted by molar-refractivity contribution is 0.0819. The summed E-state index contributed by atoms with van der Waals surface area (Å²) in [6.07, 6.45) is 10.0. The summed E-state index contributed by atoms with van der Waals surface area (Å²) in [7, 11) is -1.60. The second-order valence-electron chi connectivity index (χ2n) is 10.3. The molecule has 1 spiro atoms. The number of rotatable bonds is 3. The summed E-state index contributed by atoms with van der Waals surface area (Å²) in [5.41, 5.74) is 0.604. The molecular formula is C20H40N2OSi. The molecule has 140 valence electrons. The number of likely N-dealkylation sites (tertiary alicyclic amines) is 1. The fourth-order valence-corrected chi connectivity index (χ4v) is 6.20. The van der Waals surface area contributed by atoms with Gasteiger partial charge in [-0.2, -0.15) is 0 Å². The molecule has 3 rings (SSSR count). The van der Waals surface area contributed by atoms with Gasteiger partial charge in [-0.1, -0.05) is 20.8 Å². The summed E-state index contributed by atoms with van der Waals surface area (Å²) in [5.74, 6) is 0. The van der Waals surface area contributed by atoms with Gasteiger partial charge in [-0.05, 0) is 81.6 Å². The maximum atomic E-state index is 6.67. The first-order chi connectivity index (χ1) is 11.2. The maximum Gasteiger partial charge on any atom is 0.192 e. The zero-order valence-corrected chi connectivity index (χ0v) is 17.8. The molecule has 0 aromatic heterocycles. The Labute approximate surface area is 151 Å². The molecule has 3 fully saturated rings. The molecule has 1 atom stereocenters. The normalized spacial score (nSPS) is 36.4. The number of nitrogens with one attached hydrogen (secondary N) is 1. The van der Waals surface area contributed by atoms with E-state index in [0.717, 1.165) is 6.04 Å². The van der Waals surface area contributed by atoms with Crippen molar-refractivity contribution in [2.24, 2.45) is 5.41 Å². The van der Waals surface area contributed by atoms with Crippen LogP contribution in [0.3, 0.4) is 0 Å². The van der Waals surface area contributed by atoms with Crippen LogP contribution >= 0.6 is 0 Å². The third-order valence-electron chi connectivity index (χ3n) is 7.46. The molecular weight excluding hydrogens is 312 g/mol. The van der Waals surface area contributed by atoms with E-state index in [1.165, 1.54) is 71.1 Å². The van der Waals surface area contributed by atoms with Gasteiger partial charge in [-0.25, -0.2) is 0 Å². The number of hydrogen-bond acceptors (Lipinski definition) is 3. The second kappa shape index (κ2) is 7.01. The minimum Gasteiger partial charge on any atom is -0.414 e. The molecule has 3 nitrogen and oxygen atoms in total. The van der Waals surface area contributed by atoms with Crippen molar-refractivity contribution >= 4 is 8.32 Å². The molecule has 4 heteroatoms. The molecule has 0 radical (unpaired) electrons. The van der Waals surface area contributed by atoms with E-state index in [9.17, 15) is 0 Å². The van der Waals surface area contributed by atoms with Crippen LogP contribution in [0.2, 0.25) is 18.1 Å². The van der Waals surface area contributed by atoms with Crippen LogP contribution in [0, 0.1) is 5.41 Å². The minimum atomic E-state index is -1.60. The third kappa shape index (κ3) is 4.08. The van der Waals surface area contributed by atoms with Gasteiger partial charge in [0, 0.05) is 25.2 Å². The highest BCUT2D eigenvalue weighted by Crippen LogP contribution is 2.41. The minimum absolute atomic E-state index is 0.333. The van der Waals surface area contributed by atoms with Crippen LogP contribution in [-0.2, 0) is 4.43 Å². The molecule has 1 N–H and O–H groups in total. The van der Waals surface area contributed by atoms with Crippen molar-refractivity contribution in [1.82, 2.24) is 10.2 Å². The van der Waals surface area contributed by atoms with Crippen molar-refractivity contribution in [3.63, 3.8) is 0 Å². The maximum absolute atomic E-state index is 6.67. The SMILES string of the molecule is CC(C)(C)[Si](C)(C)OC1CCC(N2CC[C@]3(CCCNC3)C2)CC1. The van der Waals surface area contributed by atoms with Crippen molar-refractivity contribution in [2.45, 2.75) is 96.0 Å². The van der Waals surface area contributed by atoms with Crippen molar-refractivity contribution in [3.8, 4) is 0 Å². The van der Waals surface area contributed by atoms with Crippen LogP contribution in [0.5, 0.6) is 0 Å². The summed E-state index contributed by atoms with van der Waals surface area (Å²) < 4.78 is 6.67. The lowest BCUT2D eigenvalue weighted by Gasteiger charge is -2.42. The molecule has 0 amide bonds. The fourth-order valence-electron chi connectivity index (χ4n) is 4.78. The molecule has 3 aliphatic rings. The van der Waals surface area contributed by atoms with Gasteiger partial charge in [0.2, 0.25) is 0 Å². The molecule has 0 unspecified atom stereocenters. The second-order valence-corrected chi connectivity index (χ2v) is 15.1. The number of nitrogens with zero attached hydrogens (tertiary/aromatic N) is 1. The van der Waals surface area contributed by atoms with E-state index in [-0.39, 0.29) is 0 Å². The summed E-state index contributed by atoms with van der Waals surface area (Å²) in [6, 6.07) is 0.825. The highest BCUT2D eigenvalue weighted by molar-refractivity contribution is 6.74. The van der Waals surface area contributed by atoms with Gasteiger partial charge in [-0.3, -0.25) is 4.90 Å². The Balaban J connectivity index is 1.47. The quantitative estimate of drug-likeness (QED) is 0.762. The van der Waals surface area contributed by atoms with Crippen LogP contribution < -0.4 is 5.32 Å². The molecule has 0 bridgehead atoms. The zero-order valence-electron chi connectivity index (χ0n) is 16.8. The lowest BCUT2D eigenvalue weighted by atomic mass is 9.80. The van der Waals surface area contributed by atoms with E-state index in [1.54, 1.807) is 0 Å². The van der Waals surface area contributed by atoms with E-state index in [4.69, 9.17) is 4.43 Å². The van der Waals surface area contributed by atoms with Crippen LogP contribution in [-0.4, -0.2) is 51.5 Å². The Bertz CT molecular complexity index is 418. The smallest absolute Gasteiger partial charge is 0.192 e. The van der Waals surface area contributed by atoms with Gasteiger partial charge in [0.25, 0.3) is 0 Å². The summed E-state index contributed by atoms with van der Waals surface area (Å²) >= 11 is 0. The highest BCUT2D eigenvalue weighted by atomic mass is 28.4. The van der Waals surface area contributed by atoms with Crippen molar-refractivity contribution < 1.29 is 4.43 Å². The molecule has 24 heavy (non-hydrogen) atoms. The van der Waals surface area contributed by atoms with Crippen LogP contribution in [0.1, 0.15) is 65.7 Å². The highest BCUT2D eigenvalue weighted by Gasteiger charge is 2.43. The summed E-state index contributed by atoms with van der Waals surface area (Å²) in [6.45, 7) is 17.0. The monoisotopic (exact) mass is 352 g/mol. The predicted octanol–water partition coefficient (Wildman–Crippen LogP) is 4.39. The Morgan fingerprint density at radius 3 is 2.38 bits per heavy atom. The van der Waals surface area contributed by atoms with Crippen molar-refractivity contribution in [3.05, 3.63) is 0 Å². The lowest BCUT2D eigenvalue weighted by Crippen LogP contribution is -2.47. The standard InChI is InChI=1S/C20H40N2OSi/c1-19(2,3)24(4,5)23-18-9-7-17(8-10-18)22-14-12-20(16-22)11-6-13-21-15-20/h17-18,21H,6-16H2,1-5H3/t17?,18?,20-/m0/s1. The van der Waals surface area contributed by atoms with Crippen molar-refractivity contribution in [2.75, 3.05) is 26.2 Å². The zero-order chi connectivity index (χ0) is 17.4. The number of piperidine rings is 1. The van der Waals surface area contributed by atoms with Gasteiger partial charge >= 0.3 is 0 Å². The van der Waals surface area contributed by atoms with Gasteiger partial charge in [0.15, 0.2) is 8.32 Å². The molecule has 2 saturated heterocycles. The third-order valence-corrected chi connectivity index (χ3v) is 12.0. The summed E-state index contributed by atoms with van der Waals surface area (Å²) in [4.78, 5) is 2.83. The van der Waals surface area contributed by atoms with Gasteiger partial charge in [0.05, 0.1) is 0 Å². The van der Waals surface area contributed by atoms with Gasteiger partial charge in [0.1, 0.15) is 0 Å². The first kappa shape index (κ1) is 18.9. The van der Waals surface area contributed by atoms with E-state index in [0.29, 0.717) is 16.6 Å². The Morgan fingerprint density at radius 1 is 1.08 bits per heavy atom. The first-order valence-electron chi connectivity index (χ1n) is 10.3. The van der Waals surface area contributed by atoms with Gasteiger partial charge < -0.3 is 9.74 Å². The Morgan fingerprint density at radius 2 is 1.79 bits per heavy atom. The Hall–Kier alpha value is 0.0969. The van der Waals surface area contributed by atoms with E-state index in [2.05, 4.69) is 44.1 Å². The average Bonchev–Trinajstić information content (AvgIpc) is 2.91. The Kier molecular flexibility index (Phi) is 5.52. The van der Waals surface area contributed by atoms with Crippen molar-refractivity contribution in [1.29, 1.82) is 0 Å².